The highest BCUT2D eigenvalue weighted by atomic mass is 32.2. The highest BCUT2D eigenvalue weighted by Crippen LogP contribution is 2.34. The predicted molar refractivity (Wildman–Crippen MR) is 118 cm³/mol. The summed E-state index contributed by atoms with van der Waals surface area (Å²) in [5.74, 6) is 2.32. The fourth-order valence-corrected chi connectivity index (χ4v) is 3.86. The zero-order valence-electron chi connectivity index (χ0n) is 17.6. The summed E-state index contributed by atoms with van der Waals surface area (Å²) in [5, 5.41) is 3.25. The minimum atomic E-state index is -0.00427. The van der Waals surface area contributed by atoms with Gasteiger partial charge in [-0.05, 0) is 42.0 Å². The first kappa shape index (κ1) is 21.8. The highest BCUT2D eigenvalue weighted by molar-refractivity contribution is 7.99. The Morgan fingerprint density at radius 3 is 2.23 bits per heavy atom. The molecule has 158 valence electrons. The average molecular weight is 427 g/mol. The monoisotopic (exact) mass is 426 g/mol. The number of hydrogen-bond acceptors (Lipinski definition) is 6. The maximum absolute atomic E-state index is 11.7. The minimum Gasteiger partial charge on any atom is -0.497 e. The fourth-order valence-electron chi connectivity index (χ4n) is 2.98. The van der Waals surface area contributed by atoms with Crippen LogP contribution in [0.1, 0.15) is 24.6 Å². The number of oxazole rings is 1. The number of carbonyl (C=O) groups is 1. The third-order valence-electron chi connectivity index (χ3n) is 4.61. The van der Waals surface area contributed by atoms with Crippen molar-refractivity contribution in [3.8, 4) is 22.8 Å². The van der Waals surface area contributed by atoms with Gasteiger partial charge in [-0.3, -0.25) is 4.79 Å². The average Bonchev–Trinajstić information content (AvgIpc) is 3.15. The first-order valence-corrected chi connectivity index (χ1v) is 10.5. The zero-order valence-corrected chi connectivity index (χ0v) is 18.4. The molecular formula is C23H26N2O4S. The van der Waals surface area contributed by atoms with Gasteiger partial charge in [-0.1, -0.05) is 30.8 Å². The first-order chi connectivity index (χ1) is 14.5. The summed E-state index contributed by atoms with van der Waals surface area (Å²) in [7, 11) is 4.93. The molecule has 0 radical (unpaired) electrons. The van der Waals surface area contributed by atoms with E-state index in [4.69, 9.17) is 18.9 Å². The lowest BCUT2D eigenvalue weighted by atomic mass is 10.1. The largest absolute Gasteiger partial charge is 0.497 e. The van der Waals surface area contributed by atoms with Crippen LogP contribution < -0.4 is 14.8 Å². The van der Waals surface area contributed by atoms with Crippen molar-refractivity contribution in [2.45, 2.75) is 30.2 Å². The summed E-state index contributed by atoms with van der Waals surface area (Å²) in [6.07, 6.45) is 1.02. The van der Waals surface area contributed by atoms with Crippen LogP contribution in [0.5, 0.6) is 11.5 Å². The molecule has 6 nitrogen and oxygen atoms in total. The Morgan fingerprint density at radius 2 is 1.67 bits per heavy atom. The molecule has 2 aromatic carbocycles. The molecule has 0 saturated carbocycles. The van der Waals surface area contributed by atoms with E-state index < -0.39 is 0 Å². The van der Waals surface area contributed by atoms with Crippen LogP contribution in [0, 0.1) is 0 Å². The quantitative estimate of drug-likeness (QED) is 0.506. The molecule has 1 N–H and O–H groups in total. The van der Waals surface area contributed by atoms with Crippen molar-refractivity contribution in [2.24, 2.45) is 0 Å². The number of rotatable bonds is 9. The van der Waals surface area contributed by atoms with Gasteiger partial charge in [0.1, 0.15) is 11.5 Å². The van der Waals surface area contributed by atoms with Gasteiger partial charge in [0.2, 0.25) is 5.91 Å². The molecule has 0 saturated heterocycles. The topological polar surface area (TPSA) is 73.6 Å². The van der Waals surface area contributed by atoms with Gasteiger partial charge >= 0.3 is 0 Å². The third kappa shape index (κ3) is 5.57. The summed E-state index contributed by atoms with van der Waals surface area (Å²) in [6, 6.07) is 15.6. The van der Waals surface area contributed by atoms with E-state index in [1.54, 1.807) is 21.3 Å². The predicted octanol–water partition coefficient (Wildman–Crippen LogP) is 4.57. The van der Waals surface area contributed by atoms with Gasteiger partial charge in [-0.2, -0.15) is 0 Å². The summed E-state index contributed by atoms with van der Waals surface area (Å²) in [6.45, 7) is 1.99. The SMILES string of the molecule is CNC(=O)C[C@H](C)Sc1nc(Cc2ccc(OC)cc2)c(-c2ccc(OC)cc2)o1. The van der Waals surface area contributed by atoms with Crippen molar-refractivity contribution >= 4 is 17.7 Å². The van der Waals surface area contributed by atoms with Crippen molar-refractivity contribution in [1.29, 1.82) is 0 Å². The lowest BCUT2D eigenvalue weighted by molar-refractivity contribution is -0.120. The Balaban J connectivity index is 1.88. The van der Waals surface area contributed by atoms with Crippen molar-refractivity contribution in [1.82, 2.24) is 10.3 Å². The number of benzene rings is 2. The Bertz CT molecular complexity index is 968. The molecule has 30 heavy (non-hydrogen) atoms. The van der Waals surface area contributed by atoms with Crippen LogP contribution in [-0.4, -0.2) is 37.4 Å². The second kappa shape index (κ2) is 10.2. The van der Waals surface area contributed by atoms with Crippen molar-refractivity contribution in [2.75, 3.05) is 21.3 Å². The molecule has 0 fully saturated rings. The Morgan fingerprint density at radius 1 is 1.07 bits per heavy atom. The maximum atomic E-state index is 11.7. The molecule has 3 aromatic rings. The molecule has 0 aliphatic heterocycles. The van der Waals surface area contributed by atoms with Crippen molar-refractivity contribution in [3.63, 3.8) is 0 Å². The van der Waals surface area contributed by atoms with E-state index >= 15 is 0 Å². The molecule has 1 amide bonds. The van der Waals surface area contributed by atoms with Crippen LogP contribution in [0.4, 0.5) is 0 Å². The number of amides is 1. The van der Waals surface area contributed by atoms with Crippen LogP contribution in [0.3, 0.4) is 0 Å². The number of methoxy groups -OCH3 is 2. The summed E-state index contributed by atoms with van der Waals surface area (Å²) < 4.78 is 16.6. The van der Waals surface area contributed by atoms with Crippen molar-refractivity contribution in [3.05, 3.63) is 59.8 Å². The van der Waals surface area contributed by atoms with Crippen LogP contribution >= 0.6 is 11.8 Å². The van der Waals surface area contributed by atoms with Gasteiger partial charge in [-0.15, -0.1) is 0 Å². The molecule has 0 aliphatic carbocycles. The van der Waals surface area contributed by atoms with Gasteiger partial charge in [0.25, 0.3) is 5.22 Å². The molecule has 0 spiro atoms. The van der Waals surface area contributed by atoms with Gasteiger partial charge < -0.3 is 19.2 Å². The molecule has 1 heterocycles. The maximum Gasteiger partial charge on any atom is 0.256 e. The third-order valence-corrected chi connectivity index (χ3v) is 5.56. The van der Waals surface area contributed by atoms with E-state index in [1.807, 2.05) is 55.5 Å². The lowest BCUT2D eigenvalue weighted by Gasteiger charge is -2.06. The molecule has 0 aliphatic rings. The Hall–Kier alpha value is -2.93. The fraction of sp³-hybridized carbons (Fsp3) is 0.304. The van der Waals surface area contributed by atoms with E-state index in [1.165, 1.54) is 11.8 Å². The second-order valence-electron chi connectivity index (χ2n) is 6.81. The number of hydrogen-bond donors (Lipinski definition) is 1. The smallest absolute Gasteiger partial charge is 0.256 e. The molecule has 1 atom stereocenters. The van der Waals surface area contributed by atoms with E-state index in [2.05, 4.69) is 5.32 Å². The van der Waals surface area contributed by atoms with Crippen LogP contribution in [0.15, 0.2) is 58.2 Å². The lowest BCUT2D eigenvalue weighted by Crippen LogP contribution is -2.21. The summed E-state index contributed by atoms with van der Waals surface area (Å²) in [5.41, 5.74) is 2.88. The van der Waals surface area contributed by atoms with Crippen LogP contribution in [-0.2, 0) is 11.2 Å². The number of thioether (sulfide) groups is 1. The number of nitrogens with zero attached hydrogens (tertiary/aromatic N) is 1. The molecular weight excluding hydrogens is 400 g/mol. The highest BCUT2D eigenvalue weighted by Gasteiger charge is 2.19. The van der Waals surface area contributed by atoms with Crippen molar-refractivity contribution < 1.29 is 18.7 Å². The molecule has 7 heteroatoms. The van der Waals surface area contributed by atoms with Gasteiger partial charge in [0.15, 0.2) is 5.76 Å². The summed E-state index contributed by atoms with van der Waals surface area (Å²) in [4.78, 5) is 16.4. The van der Waals surface area contributed by atoms with E-state index in [-0.39, 0.29) is 11.2 Å². The van der Waals surface area contributed by atoms with Crippen LogP contribution in [0.2, 0.25) is 0 Å². The van der Waals surface area contributed by atoms with E-state index in [0.717, 1.165) is 34.1 Å². The number of nitrogens with one attached hydrogen (secondary N) is 1. The summed E-state index contributed by atoms with van der Waals surface area (Å²) >= 11 is 1.46. The molecule has 0 unspecified atom stereocenters. The minimum absolute atomic E-state index is 0.00427. The number of carbonyl (C=O) groups excluding carboxylic acids is 1. The standard InChI is InChI=1S/C23H26N2O4S/c1-15(13-21(26)24-2)30-23-25-20(14-16-5-9-18(27-3)10-6-16)22(29-23)17-7-11-19(28-4)12-8-17/h5-12,15H,13-14H2,1-4H3,(H,24,26)/t15-/m0/s1. The molecule has 1 aromatic heterocycles. The Kier molecular flexibility index (Phi) is 7.41. The van der Waals surface area contributed by atoms with Crippen LogP contribution in [0.25, 0.3) is 11.3 Å². The second-order valence-corrected chi connectivity index (χ2v) is 8.20. The van der Waals surface area contributed by atoms with E-state index in [9.17, 15) is 4.79 Å². The molecule has 3 rings (SSSR count). The number of aromatic nitrogens is 1. The number of ether oxygens (including phenoxy) is 2. The molecule has 0 bridgehead atoms. The normalized spacial score (nSPS) is 11.7. The first-order valence-electron chi connectivity index (χ1n) is 9.66. The van der Waals surface area contributed by atoms with Gasteiger partial charge in [0, 0.05) is 30.7 Å². The Labute approximate surface area is 181 Å². The van der Waals surface area contributed by atoms with Gasteiger partial charge in [0.05, 0.1) is 19.9 Å². The van der Waals surface area contributed by atoms with E-state index in [0.29, 0.717) is 18.1 Å². The zero-order chi connectivity index (χ0) is 21.5. The van der Waals surface area contributed by atoms with Gasteiger partial charge in [-0.25, -0.2) is 4.98 Å².